The minimum Gasteiger partial charge on any atom is -0.112 e. The third kappa shape index (κ3) is 8.25. The van der Waals surface area contributed by atoms with E-state index in [-0.39, 0.29) is 0 Å². The van der Waals surface area contributed by atoms with Crippen LogP contribution in [0.3, 0.4) is 0 Å². The van der Waals surface area contributed by atoms with Crippen LogP contribution in [0.2, 0.25) is 0 Å². The minimum atomic E-state index is -1.08. The van der Waals surface area contributed by atoms with Crippen molar-refractivity contribution >= 4 is 213 Å². The van der Waals surface area contributed by atoms with E-state index in [0.717, 1.165) is 54.8 Å². The number of hydrogen-bond acceptors (Lipinski definition) is 0. The fourth-order valence-corrected chi connectivity index (χ4v) is 12.2. The van der Waals surface area contributed by atoms with E-state index in [1.165, 1.54) is 108 Å². The lowest BCUT2D eigenvalue weighted by molar-refractivity contribution is 1.17. The maximum Gasteiger partial charge on any atom is 0.0821 e. The van der Waals surface area contributed by atoms with E-state index in [0.29, 0.717) is 16.4 Å². The van der Waals surface area contributed by atoms with Crippen molar-refractivity contribution in [1.29, 1.82) is 0 Å². The van der Waals surface area contributed by atoms with Gasteiger partial charge in [0, 0.05) is 133 Å². The third-order valence-electron chi connectivity index (χ3n) is 16.9. The summed E-state index contributed by atoms with van der Waals surface area (Å²) in [5.41, 5.74) is 26.0. The molecule has 0 nitrogen and oxygen atoms in total. The summed E-state index contributed by atoms with van der Waals surface area (Å²) < 4.78 is 0. The van der Waals surface area contributed by atoms with E-state index < -0.39 is 51.5 Å². The van der Waals surface area contributed by atoms with Crippen LogP contribution in [0.4, 0.5) is 0 Å². The van der Waals surface area contributed by atoms with Gasteiger partial charge in [0.2, 0.25) is 0 Å². The van der Waals surface area contributed by atoms with Crippen LogP contribution in [0.25, 0.3) is 54.6 Å². The molecule has 6 rings (SSSR count). The molecule has 0 aromatic heterocycles. The molecule has 22 heteroatoms. The predicted molar refractivity (Wildman–Crippen MR) is 331 cm³/mol. The van der Waals surface area contributed by atoms with Crippen LogP contribution in [0.15, 0.2) is 0 Å². The van der Waals surface area contributed by atoms with Crippen LogP contribution in [0, 0.1) is 111 Å². The Bertz CT molecular complexity index is 3030. The second-order valence-electron chi connectivity index (χ2n) is 20.2. The highest BCUT2D eigenvalue weighted by Crippen LogP contribution is 2.51. The average molecular weight is 839 g/mol. The first-order valence-electron chi connectivity index (χ1n) is 23.9. The summed E-state index contributed by atoms with van der Waals surface area (Å²) in [5, 5.41) is 6.29. The monoisotopic (exact) mass is 843 g/mol. The van der Waals surface area contributed by atoms with Crippen LogP contribution in [-0.2, 0) is 0 Å². The second-order valence-corrected chi connectivity index (χ2v) is 20.2. The summed E-state index contributed by atoms with van der Waals surface area (Å²) in [6.45, 7) is 32.2. The molecule has 0 saturated carbocycles. The molecule has 6 aromatic carbocycles. The molecule has 0 fully saturated rings. The highest BCUT2D eigenvalue weighted by atomic mass is 14.3. The zero-order chi connectivity index (χ0) is 51.4. The number of hydrogen-bond donors (Lipinski definition) is 0. The Balaban J connectivity index is 2.17. The molecule has 6 aromatic rings. The standard InChI is InChI=1S/C46H48B22/c1-17-18(2)23(7)33(24(8)19(17)3)36-27(11)22(6)28(12)38-39(36)31(15)34-25(9)20(4)21(5)26(10)37(34)41(38)40-30(14)29(13)35-32(16)43(64(67(55)56)68(57)58)46(63(60-48)66(53)54)45(62(50)65(51)52)42(35)44(40)61(49)59-47/h1-16H3. The van der Waals surface area contributed by atoms with Gasteiger partial charge >= 0.3 is 0 Å². The van der Waals surface area contributed by atoms with Gasteiger partial charge in [-0.1, -0.05) is 16.5 Å². The number of aryl methyl sites for hydroxylation is 6. The van der Waals surface area contributed by atoms with Crippen LogP contribution < -0.4 is 21.9 Å². The van der Waals surface area contributed by atoms with Gasteiger partial charge in [-0.05, 0) is 249 Å². The first-order valence-corrected chi connectivity index (χ1v) is 23.9. The van der Waals surface area contributed by atoms with Crippen molar-refractivity contribution in [2.24, 2.45) is 0 Å². The molecule has 0 bridgehead atoms. The van der Waals surface area contributed by atoms with E-state index >= 15 is 0 Å². The largest absolute Gasteiger partial charge is 0.112 e. The van der Waals surface area contributed by atoms with Crippen LogP contribution in [0.1, 0.15) is 89.0 Å². The number of benzene rings is 6. The molecule has 0 aliphatic carbocycles. The average Bonchev–Trinajstić information content (AvgIpc) is 3.27. The van der Waals surface area contributed by atoms with Crippen molar-refractivity contribution in [3.8, 4) is 22.3 Å². The lowest BCUT2D eigenvalue weighted by Gasteiger charge is -2.39. The summed E-state index contributed by atoms with van der Waals surface area (Å²) >= 11 is 0. The highest BCUT2D eigenvalue weighted by molar-refractivity contribution is 7.85. The Morgan fingerprint density at radius 2 is 0.632 bits per heavy atom. The molecular formula is C46H48B22. The smallest absolute Gasteiger partial charge is 0.0821 e. The summed E-state index contributed by atoms with van der Waals surface area (Å²) in [6.07, 6.45) is -4.10. The van der Waals surface area contributed by atoms with Gasteiger partial charge in [-0.25, -0.2) is 0 Å². The Morgan fingerprint density at radius 3 is 1.07 bits per heavy atom. The van der Waals surface area contributed by atoms with E-state index in [2.05, 4.69) is 104 Å². The molecule has 0 amide bonds. The Labute approximate surface area is 431 Å². The molecule has 0 aliphatic heterocycles. The Morgan fingerprint density at radius 1 is 0.265 bits per heavy atom. The van der Waals surface area contributed by atoms with Gasteiger partial charge in [-0.2, -0.15) is 0 Å². The van der Waals surface area contributed by atoms with E-state index in [1.807, 2.05) is 6.92 Å². The first-order chi connectivity index (χ1) is 31.6. The summed E-state index contributed by atoms with van der Waals surface area (Å²) in [6, 6.07) is 0. The second kappa shape index (κ2) is 20.2. The molecule has 0 saturated heterocycles. The fourth-order valence-electron chi connectivity index (χ4n) is 12.2. The maximum atomic E-state index is 7.52. The summed E-state index contributed by atoms with van der Waals surface area (Å²) in [4.78, 5) is 0. The molecule has 298 valence electrons. The van der Waals surface area contributed by atoms with E-state index in [9.17, 15) is 0 Å². The number of rotatable bonds is 12. The van der Waals surface area contributed by atoms with Gasteiger partial charge in [0.1, 0.15) is 0 Å². The quantitative estimate of drug-likeness (QED) is 0.130. The van der Waals surface area contributed by atoms with Crippen LogP contribution in [0.5, 0.6) is 0 Å². The van der Waals surface area contributed by atoms with Crippen LogP contribution in [-0.4, -0.2) is 158 Å². The lowest BCUT2D eigenvalue weighted by Crippen LogP contribution is -2.74. The topological polar surface area (TPSA) is 0 Å². The zero-order valence-electron chi connectivity index (χ0n) is 43.7. The van der Waals surface area contributed by atoms with Crippen molar-refractivity contribution in [3.05, 3.63) is 89.0 Å². The molecule has 26 radical (unpaired) electrons. The van der Waals surface area contributed by atoms with Gasteiger partial charge in [0.05, 0.1) is 26.0 Å². The first kappa shape index (κ1) is 54.9. The third-order valence-corrected chi connectivity index (χ3v) is 16.9. The van der Waals surface area contributed by atoms with Crippen molar-refractivity contribution < 1.29 is 0 Å². The van der Waals surface area contributed by atoms with Gasteiger partial charge in [0.15, 0.2) is 0 Å². The van der Waals surface area contributed by atoms with Gasteiger partial charge in [-0.15, -0.1) is 10.9 Å². The normalized spacial score (nSPS) is 11.4. The van der Waals surface area contributed by atoms with Crippen molar-refractivity contribution in [3.63, 3.8) is 0 Å². The molecule has 0 atom stereocenters. The van der Waals surface area contributed by atoms with Crippen LogP contribution >= 0.6 is 0 Å². The predicted octanol–water partition coefficient (Wildman–Crippen LogP) is 1.74. The molecule has 0 spiro atoms. The maximum absolute atomic E-state index is 7.52. The zero-order valence-corrected chi connectivity index (χ0v) is 43.7. The van der Waals surface area contributed by atoms with Gasteiger partial charge < -0.3 is 0 Å². The fraction of sp³-hybridized carbons (Fsp3) is 0.348. The summed E-state index contributed by atoms with van der Waals surface area (Å²) in [5.74, 6) is 0. The van der Waals surface area contributed by atoms with E-state index in [4.69, 9.17) is 92.8 Å². The Hall–Kier alpha value is -2.47. The van der Waals surface area contributed by atoms with Crippen molar-refractivity contribution in [1.82, 2.24) is 0 Å². The lowest BCUT2D eigenvalue weighted by atomic mass is 8.70. The van der Waals surface area contributed by atoms with E-state index in [1.54, 1.807) is 0 Å². The van der Waals surface area contributed by atoms with Gasteiger partial charge in [0.25, 0.3) is 0 Å². The molecule has 68 heavy (non-hydrogen) atoms. The highest BCUT2D eigenvalue weighted by Gasteiger charge is 2.39. The minimum absolute atomic E-state index is 0.549. The number of fused-ring (bicyclic) bond motifs is 3. The van der Waals surface area contributed by atoms with Crippen molar-refractivity contribution in [2.45, 2.75) is 111 Å². The SMILES string of the molecule is [B][B]B(B([B])[B])c1c(B(B([B])[B])B([B])[B])c(C)c2c(C)c(C)c(-c3c4c(C)c(C)c(C)c(C)c4c(C)c4c(-c5c(C)c(C)c(C)c(C)c5C)c(C)c(C)c(C)c34)c(B([B])[B][B])c2c1B([B])B([B])[B]. The molecule has 0 aliphatic rings. The molecule has 0 N–H and O–H groups in total. The Kier molecular flexibility index (Phi) is 16.3. The molecule has 0 heterocycles. The summed E-state index contributed by atoms with van der Waals surface area (Å²) in [7, 11) is 84.3. The molecular weight excluding hydrogens is 790 g/mol. The van der Waals surface area contributed by atoms with Gasteiger partial charge in [-0.3, -0.25) is 0 Å². The molecule has 0 unspecified atom stereocenters. The van der Waals surface area contributed by atoms with Crippen molar-refractivity contribution in [2.75, 3.05) is 0 Å².